The molecule has 1 aliphatic rings. The molecule has 1 saturated heterocycles. The Labute approximate surface area is 155 Å². The molecular formula is C20H18FN3O3. The number of amides is 1. The molecule has 0 saturated carbocycles. The number of aromatic nitrogens is 2. The number of carbonyl (C=O) groups excluding carboxylic acids is 1. The van der Waals surface area contributed by atoms with E-state index in [2.05, 4.69) is 10.1 Å². The smallest absolute Gasteiger partial charge is 0.257 e. The van der Waals surface area contributed by atoms with Crippen molar-refractivity contribution in [3.05, 3.63) is 65.7 Å². The molecule has 4 rings (SSSR count). The second-order valence-electron chi connectivity index (χ2n) is 6.45. The van der Waals surface area contributed by atoms with Gasteiger partial charge in [-0.3, -0.25) is 4.79 Å². The van der Waals surface area contributed by atoms with Gasteiger partial charge in [0.2, 0.25) is 5.91 Å². The minimum atomic E-state index is -0.327. The molecule has 1 atom stereocenters. The van der Waals surface area contributed by atoms with E-state index in [9.17, 15) is 9.18 Å². The van der Waals surface area contributed by atoms with Gasteiger partial charge >= 0.3 is 0 Å². The summed E-state index contributed by atoms with van der Waals surface area (Å²) in [5.41, 5.74) is 1.60. The standard InChI is InChI=1S/C20H18FN3O3/c1-26-17-5-3-2-4-14(17)11-24-12-15(10-18(24)25)19-22-20(27-23-19)13-6-8-16(21)9-7-13/h2-9,15H,10-12H2,1H3. The zero-order valence-electron chi connectivity index (χ0n) is 14.8. The van der Waals surface area contributed by atoms with Crippen LogP contribution in [0.15, 0.2) is 53.1 Å². The van der Waals surface area contributed by atoms with Crippen LogP contribution in [-0.2, 0) is 11.3 Å². The molecule has 1 amide bonds. The second kappa shape index (κ2) is 7.19. The zero-order chi connectivity index (χ0) is 18.8. The summed E-state index contributed by atoms with van der Waals surface area (Å²) < 4.78 is 23.7. The summed E-state index contributed by atoms with van der Waals surface area (Å²) in [7, 11) is 1.61. The highest BCUT2D eigenvalue weighted by Crippen LogP contribution is 2.30. The number of para-hydroxylation sites is 1. The van der Waals surface area contributed by atoms with Gasteiger partial charge in [-0.25, -0.2) is 4.39 Å². The third-order valence-corrected chi connectivity index (χ3v) is 4.67. The number of methoxy groups -OCH3 is 1. The number of carbonyl (C=O) groups is 1. The highest BCUT2D eigenvalue weighted by atomic mass is 19.1. The van der Waals surface area contributed by atoms with Crippen LogP contribution in [0.4, 0.5) is 4.39 Å². The Balaban J connectivity index is 1.48. The van der Waals surface area contributed by atoms with Crippen molar-refractivity contribution >= 4 is 5.91 Å². The number of hydrogen-bond acceptors (Lipinski definition) is 5. The molecule has 1 aromatic heterocycles. The van der Waals surface area contributed by atoms with Crippen LogP contribution >= 0.6 is 0 Å². The lowest BCUT2D eigenvalue weighted by Gasteiger charge is -2.17. The highest BCUT2D eigenvalue weighted by Gasteiger charge is 2.34. The Hall–Kier alpha value is -3.22. The number of benzene rings is 2. The number of hydrogen-bond donors (Lipinski definition) is 0. The van der Waals surface area contributed by atoms with E-state index in [0.717, 1.165) is 11.3 Å². The van der Waals surface area contributed by atoms with Crippen LogP contribution in [0.3, 0.4) is 0 Å². The van der Waals surface area contributed by atoms with Crippen molar-refractivity contribution in [1.29, 1.82) is 0 Å². The van der Waals surface area contributed by atoms with Gasteiger partial charge in [0.1, 0.15) is 11.6 Å². The van der Waals surface area contributed by atoms with E-state index in [0.29, 0.717) is 36.8 Å². The van der Waals surface area contributed by atoms with Gasteiger partial charge in [-0.1, -0.05) is 23.4 Å². The fraction of sp³-hybridized carbons (Fsp3) is 0.250. The highest BCUT2D eigenvalue weighted by molar-refractivity contribution is 5.79. The van der Waals surface area contributed by atoms with Gasteiger partial charge in [-0.05, 0) is 30.3 Å². The fourth-order valence-electron chi connectivity index (χ4n) is 3.25. The number of halogens is 1. The first-order valence-electron chi connectivity index (χ1n) is 8.63. The molecule has 27 heavy (non-hydrogen) atoms. The maximum absolute atomic E-state index is 13.1. The van der Waals surface area contributed by atoms with Crippen LogP contribution in [0.1, 0.15) is 23.7 Å². The Morgan fingerprint density at radius 3 is 2.78 bits per heavy atom. The average molecular weight is 367 g/mol. The Kier molecular flexibility index (Phi) is 4.58. The molecule has 1 unspecified atom stereocenters. The Morgan fingerprint density at radius 2 is 2.00 bits per heavy atom. The summed E-state index contributed by atoms with van der Waals surface area (Å²) >= 11 is 0. The predicted octanol–water partition coefficient (Wildman–Crippen LogP) is 3.40. The third-order valence-electron chi connectivity index (χ3n) is 4.67. The molecule has 2 aromatic carbocycles. The topological polar surface area (TPSA) is 68.5 Å². The maximum atomic E-state index is 13.1. The van der Waals surface area contributed by atoms with Gasteiger partial charge in [-0.2, -0.15) is 4.98 Å². The molecule has 0 aliphatic carbocycles. The largest absolute Gasteiger partial charge is 0.496 e. The summed E-state index contributed by atoms with van der Waals surface area (Å²) in [5, 5.41) is 4.02. The van der Waals surface area contributed by atoms with Gasteiger partial charge in [-0.15, -0.1) is 0 Å². The van der Waals surface area contributed by atoms with Gasteiger partial charge in [0.25, 0.3) is 5.89 Å². The van der Waals surface area contributed by atoms with E-state index >= 15 is 0 Å². The summed E-state index contributed by atoms with van der Waals surface area (Å²) in [5.74, 6) is 1.15. The van der Waals surface area contributed by atoms with Crippen molar-refractivity contribution in [1.82, 2.24) is 15.0 Å². The van der Waals surface area contributed by atoms with Crippen LogP contribution in [0, 0.1) is 5.82 Å². The minimum Gasteiger partial charge on any atom is -0.496 e. The quantitative estimate of drug-likeness (QED) is 0.691. The molecular weight excluding hydrogens is 349 g/mol. The van der Waals surface area contributed by atoms with Gasteiger partial charge in [0, 0.05) is 36.6 Å². The van der Waals surface area contributed by atoms with E-state index in [1.807, 2.05) is 24.3 Å². The first-order chi connectivity index (χ1) is 13.1. The molecule has 7 heteroatoms. The molecule has 0 bridgehead atoms. The summed E-state index contributed by atoms with van der Waals surface area (Å²) in [6.45, 7) is 0.987. The van der Waals surface area contributed by atoms with Crippen molar-refractivity contribution in [2.24, 2.45) is 0 Å². The molecule has 1 fully saturated rings. The van der Waals surface area contributed by atoms with E-state index < -0.39 is 0 Å². The lowest BCUT2D eigenvalue weighted by molar-refractivity contribution is -0.128. The van der Waals surface area contributed by atoms with E-state index in [1.54, 1.807) is 24.1 Å². The van der Waals surface area contributed by atoms with Crippen molar-refractivity contribution in [3.8, 4) is 17.2 Å². The number of likely N-dealkylation sites (tertiary alicyclic amines) is 1. The van der Waals surface area contributed by atoms with Crippen molar-refractivity contribution in [2.45, 2.75) is 18.9 Å². The average Bonchev–Trinajstić information content (AvgIpc) is 3.30. The minimum absolute atomic E-state index is 0.0408. The SMILES string of the molecule is COc1ccccc1CN1CC(c2noc(-c3ccc(F)cc3)n2)CC1=O. The molecule has 3 aromatic rings. The van der Waals surface area contributed by atoms with Gasteiger partial charge < -0.3 is 14.2 Å². The number of nitrogens with zero attached hydrogens (tertiary/aromatic N) is 3. The molecule has 0 N–H and O–H groups in total. The van der Waals surface area contributed by atoms with E-state index in [4.69, 9.17) is 9.26 Å². The van der Waals surface area contributed by atoms with E-state index in [-0.39, 0.29) is 17.6 Å². The van der Waals surface area contributed by atoms with Crippen LogP contribution < -0.4 is 4.74 Å². The number of rotatable bonds is 5. The number of ether oxygens (including phenoxy) is 1. The van der Waals surface area contributed by atoms with Crippen LogP contribution in [-0.4, -0.2) is 34.6 Å². The second-order valence-corrected chi connectivity index (χ2v) is 6.45. The molecule has 1 aliphatic heterocycles. The lowest BCUT2D eigenvalue weighted by Crippen LogP contribution is -2.24. The summed E-state index contributed by atoms with van der Waals surface area (Å²) in [6, 6.07) is 13.5. The zero-order valence-corrected chi connectivity index (χ0v) is 14.8. The maximum Gasteiger partial charge on any atom is 0.257 e. The molecule has 6 nitrogen and oxygen atoms in total. The van der Waals surface area contributed by atoms with Crippen molar-refractivity contribution in [2.75, 3.05) is 13.7 Å². The third kappa shape index (κ3) is 3.53. The Morgan fingerprint density at radius 1 is 1.22 bits per heavy atom. The van der Waals surface area contributed by atoms with Crippen molar-refractivity contribution < 1.29 is 18.4 Å². The monoisotopic (exact) mass is 367 g/mol. The molecule has 138 valence electrons. The first-order valence-corrected chi connectivity index (χ1v) is 8.63. The van der Waals surface area contributed by atoms with Gasteiger partial charge in [0.15, 0.2) is 5.82 Å². The fourth-order valence-corrected chi connectivity index (χ4v) is 3.25. The molecule has 2 heterocycles. The van der Waals surface area contributed by atoms with Gasteiger partial charge in [0.05, 0.1) is 7.11 Å². The van der Waals surface area contributed by atoms with Crippen LogP contribution in [0.2, 0.25) is 0 Å². The molecule has 0 radical (unpaired) electrons. The van der Waals surface area contributed by atoms with Crippen molar-refractivity contribution in [3.63, 3.8) is 0 Å². The van der Waals surface area contributed by atoms with E-state index in [1.165, 1.54) is 12.1 Å². The van der Waals surface area contributed by atoms with Crippen LogP contribution in [0.5, 0.6) is 5.75 Å². The molecule has 0 spiro atoms. The van der Waals surface area contributed by atoms with Crippen LogP contribution in [0.25, 0.3) is 11.5 Å². The summed E-state index contributed by atoms with van der Waals surface area (Å²) in [4.78, 5) is 18.6. The predicted molar refractivity (Wildman–Crippen MR) is 95.5 cm³/mol. The summed E-state index contributed by atoms with van der Waals surface area (Å²) in [6.07, 6.45) is 0.331. The Bertz CT molecular complexity index is 955. The lowest BCUT2D eigenvalue weighted by atomic mass is 10.1. The normalized spacial score (nSPS) is 16.7. The first kappa shape index (κ1) is 17.2.